The quantitative estimate of drug-likeness (QED) is 0.197. The van der Waals surface area contributed by atoms with Crippen LogP contribution in [0.1, 0.15) is 64.7 Å². The molecule has 10 heteroatoms. The molecule has 40 heavy (non-hydrogen) atoms. The Morgan fingerprint density at radius 3 is 2.35 bits per heavy atom. The SMILES string of the molecule is CCCN(C(=O)c1ccc(OCc2conc2C(C)(C)c2c(Cl)cccc2Cl)cc1Cl)c1cccc(C(=O)O)c1. The highest BCUT2D eigenvalue weighted by molar-refractivity contribution is 6.36. The molecule has 1 amide bonds. The van der Waals surface area contributed by atoms with E-state index in [9.17, 15) is 14.7 Å². The zero-order valence-corrected chi connectivity index (χ0v) is 24.3. The number of aromatic nitrogens is 1. The minimum Gasteiger partial charge on any atom is -0.489 e. The average Bonchev–Trinajstić information content (AvgIpc) is 3.40. The summed E-state index contributed by atoms with van der Waals surface area (Å²) in [6.45, 7) is 6.34. The normalized spacial score (nSPS) is 11.3. The van der Waals surface area contributed by atoms with E-state index < -0.39 is 11.4 Å². The Labute approximate surface area is 247 Å². The Morgan fingerprint density at radius 1 is 1.00 bits per heavy atom. The van der Waals surface area contributed by atoms with Crippen molar-refractivity contribution in [1.29, 1.82) is 0 Å². The zero-order chi connectivity index (χ0) is 29.0. The van der Waals surface area contributed by atoms with E-state index in [2.05, 4.69) is 5.16 Å². The van der Waals surface area contributed by atoms with Crippen molar-refractivity contribution in [3.05, 3.63) is 110 Å². The molecule has 0 saturated carbocycles. The van der Waals surface area contributed by atoms with Gasteiger partial charge in [0.1, 0.15) is 24.3 Å². The van der Waals surface area contributed by atoms with Gasteiger partial charge in [-0.05, 0) is 68.8 Å². The number of rotatable bonds is 10. The average molecular weight is 602 g/mol. The molecule has 7 nitrogen and oxygen atoms in total. The van der Waals surface area contributed by atoms with Crippen molar-refractivity contribution < 1.29 is 24.0 Å². The topological polar surface area (TPSA) is 92.9 Å². The van der Waals surface area contributed by atoms with Crippen LogP contribution in [0.15, 0.2) is 71.4 Å². The highest BCUT2D eigenvalue weighted by Gasteiger charge is 2.33. The van der Waals surface area contributed by atoms with Crippen molar-refractivity contribution in [2.75, 3.05) is 11.4 Å². The first-order valence-corrected chi connectivity index (χ1v) is 13.6. The van der Waals surface area contributed by atoms with Gasteiger partial charge < -0.3 is 19.3 Å². The van der Waals surface area contributed by atoms with Crippen LogP contribution >= 0.6 is 34.8 Å². The summed E-state index contributed by atoms with van der Waals surface area (Å²) < 4.78 is 11.3. The number of nitrogens with zero attached hydrogens (tertiary/aromatic N) is 2. The lowest BCUT2D eigenvalue weighted by molar-refractivity contribution is 0.0696. The van der Waals surface area contributed by atoms with E-state index in [0.717, 1.165) is 5.56 Å². The summed E-state index contributed by atoms with van der Waals surface area (Å²) in [5.41, 5.74) is 2.21. The lowest BCUT2D eigenvalue weighted by Crippen LogP contribution is -2.32. The fraction of sp³-hybridized carbons (Fsp3) is 0.233. The second-order valence-corrected chi connectivity index (χ2v) is 10.9. The molecular weight excluding hydrogens is 575 g/mol. The van der Waals surface area contributed by atoms with E-state index in [0.29, 0.717) is 45.7 Å². The summed E-state index contributed by atoms with van der Waals surface area (Å²) in [7, 11) is 0. The number of amides is 1. The number of carboxylic acid groups (broad SMARTS) is 1. The molecule has 1 heterocycles. The summed E-state index contributed by atoms with van der Waals surface area (Å²) in [5, 5.41) is 14.8. The molecule has 0 unspecified atom stereocenters. The molecule has 0 aliphatic heterocycles. The van der Waals surface area contributed by atoms with E-state index in [-0.39, 0.29) is 28.7 Å². The molecule has 1 aromatic heterocycles. The van der Waals surface area contributed by atoms with Gasteiger partial charge in [0.15, 0.2) is 0 Å². The Morgan fingerprint density at radius 2 is 1.70 bits per heavy atom. The number of carboxylic acids is 1. The third-order valence-corrected chi connectivity index (χ3v) is 7.43. The van der Waals surface area contributed by atoms with Gasteiger partial charge in [-0.2, -0.15) is 0 Å². The summed E-state index contributed by atoms with van der Waals surface area (Å²) in [5.74, 6) is -0.975. The van der Waals surface area contributed by atoms with Crippen LogP contribution in [0.4, 0.5) is 5.69 Å². The molecule has 0 radical (unpaired) electrons. The van der Waals surface area contributed by atoms with Crippen LogP contribution in [0.2, 0.25) is 15.1 Å². The number of aromatic carboxylic acids is 1. The maximum absolute atomic E-state index is 13.4. The molecule has 0 saturated heterocycles. The summed E-state index contributed by atoms with van der Waals surface area (Å²) in [4.78, 5) is 26.4. The summed E-state index contributed by atoms with van der Waals surface area (Å²) >= 11 is 19.5. The smallest absolute Gasteiger partial charge is 0.335 e. The van der Waals surface area contributed by atoms with Crippen LogP contribution in [0.3, 0.4) is 0 Å². The van der Waals surface area contributed by atoms with E-state index in [1.165, 1.54) is 23.3 Å². The highest BCUT2D eigenvalue weighted by atomic mass is 35.5. The summed E-state index contributed by atoms with van der Waals surface area (Å²) in [6.07, 6.45) is 2.17. The molecule has 0 fully saturated rings. The van der Waals surface area contributed by atoms with Gasteiger partial charge >= 0.3 is 5.97 Å². The molecule has 3 aromatic carbocycles. The second kappa shape index (κ2) is 12.3. The van der Waals surface area contributed by atoms with Crippen molar-refractivity contribution in [2.45, 2.75) is 39.2 Å². The van der Waals surface area contributed by atoms with Crippen molar-refractivity contribution in [2.24, 2.45) is 0 Å². The minimum absolute atomic E-state index is 0.0920. The molecule has 1 N–H and O–H groups in total. The van der Waals surface area contributed by atoms with Crippen molar-refractivity contribution in [3.63, 3.8) is 0 Å². The van der Waals surface area contributed by atoms with Crippen LogP contribution in [0.25, 0.3) is 0 Å². The van der Waals surface area contributed by atoms with E-state index in [1.807, 2.05) is 20.8 Å². The molecule has 0 spiro atoms. The Bertz CT molecular complexity index is 1530. The monoisotopic (exact) mass is 600 g/mol. The van der Waals surface area contributed by atoms with Gasteiger partial charge in [-0.15, -0.1) is 0 Å². The first-order chi connectivity index (χ1) is 19.0. The van der Waals surface area contributed by atoms with Crippen molar-refractivity contribution in [1.82, 2.24) is 5.16 Å². The van der Waals surface area contributed by atoms with Crippen LogP contribution < -0.4 is 9.64 Å². The maximum atomic E-state index is 13.4. The van der Waals surface area contributed by atoms with Gasteiger partial charge in [0.25, 0.3) is 5.91 Å². The minimum atomic E-state index is -1.07. The standard InChI is InChI=1S/C30H27Cl3N2O5/c1-4-13-35(20-8-5-7-18(14-20)29(37)38)28(36)22-12-11-21(15-25(22)33)39-16-19-17-40-34-27(19)30(2,3)26-23(31)9-6-10-24(26)32/h5-12,14-15,17H,4,13,16H2,1-3H3,(H,37,38). The number of ether oxygens (including phenoxy) is 1. The molecule has 0 aliphatic rings. The zero-order valence-electron chi connectivity index (χ0n) is 22.1. The Hall–Kier alpha value is -3.52. The van der Waals surface area contributed by atoms with Gasteiger partial charge in [0, 0.05) is 33.3 Å². The highest BCUT2D eigenvalue weighted by Crippen LogP contribution is 2.41. The fourth-order valence-corrected chi connectivity index (χ4v) is 5.65. The van der Waals surface area contributed by atoms with Crippen molar-refractivity contribution >= 4 is 52.4 Å². The third kappa shape index (κ3) is 6.12. The van der Waals surface area contributed by atoms with E-state index >= 15 is 0 Å². The fourth-order valence-electron chi connectivity index (χ4n) is 4.53. The van der Waals surface area contributed by atoms with Crippen LogP contribution in [0, 0.1) is 0 Å². The first kappa shape index (κ1) is 29.5. The summed E-state index contributed by atoms with van der Waals surface area (Å²) in [6, 6.07) is 16.4. The lowest BCUT2D eigenvalue weighted by Gasteiger charge is -2.26. The number of hydrogen-bond donors (Lipinski definition) is 1. The van der Waals surface area contributed by atoms with Crippen LogP contribution in [0.5, 0.6) is 5.75 Å². The van der Waals surface area contributed by atoms with Gasteiger partial charge in [0.05, 0.1) is 21.7 Å². The van der Waals surface area contributed by atoms with Gasteiger partial charge in [-0.3, -0.25) is 4.79 Å². The predicted molar refractivity (Wildman–Crippen MR) is 156 cm³/mol. The molecule has 0 aliphatic carbocycles. The van der Waals surface area contributed by atoms with E-state index in [1.54, 1.807) is 48.5 Å². The second-order valence-electron chi connectivity index (χ2n) is 9.65. The van der Waals surface area contributed by atoms with Crippen molar-refractivity contribution in [3.8, 4) is 5.75 Å². The number of anilines is 1. The molecule has 4 aromatic rings. The molecular formula is C30H27Cl3N2O5. The van der Waals surface area contributed by atoms with Crippen LogP contribution in [-0.2, 0) is 12.0 Å². The number of benzene rings is 3. The number of carbonyl (C=O) groups is 2. The largest absolute Gasteiger partial charge is 0.489 e. The van der Waals surface area contributed by atoms with Gasteiger partial charge in [-0.1, -0.05) is 59.0 Å². The molecule has 0 atom stereocenters. The Kier molecular flexibility index (Phi) is 9.08. The van der Waals surface area contributed by atoms with Gasteiger partial charge in [-0.25, -0.2) is 4.79 Å². The molecule has 0 bridgehead atoms. The first-order valence-electron chi connectivity index (χ1n) is 12.5. The number of hydrogen-bond acceptors (Lipinski definition) is 5. The van der Waals surface area contributed by atoms with Gasteiger partial charge in [0.2, 0.25) is 0 Å². The number of halogens is 3. The molecule has 4 rings (SSSR count). The predicted octanol–water partition coefficient (Wildman–Crippen LogP) is 8.29. The number of carbonyl (C=O) groups excluding carboxylic acids is 1. The maximum Gasteiger partial charge on any atom is 0.335 e. The Balaban J connectivity index is 1.54. The van der Waals surface area contributed by atoms with Crippen LogP contribution in [-0.4, -0.2) is 28.7 Å². The lowest BCUT2D eigenvalue weighted by atomic mass is 9.80. The van der Waals surface area contributed by atoms with E-state index in [4.69, 9.17) is 44.1 Å². The third-order valence-electron chi connectivity index (χ3n) is 6.49. The molecule has 208 valence electrons.